The van der Waals surface area contributed by atoms with Gasteiger partial charge in [0.15, 0.2) is 0 Å². The van der Waals surface area contributed by atoms with Gasteiger partial charge in [-0.3, -0.25) is 0 Å². The second-order valence-electron chi connectivity index (χ2n) is 12.0. The van der Waals surface area contributed by atoms with Crippen LogP contribution in [0.1, 0.15) is 25.3 Å². The zero-order chi connectivity index (χ0) is 28.9. The number of rotatable bonds is 4. The van der Waals surface area contributed by atoms with E-state index in [4.69, 9.17) is 0 Å². The van der Waals surface area contributed by atoms with Gasteiger partial charge in [0.2, 0.25) is 0 Å². The minimum Gasteiger partial charge on any atom is -0.0616 e. The molecule has 0 unspecified atom stereocenters. The van der Waals surface area contributed by atoms with Crippen LogP contribution in [0.5, 0.6) is 0 Å². The van der Waals surface area contributed by atoms with Gasteiger partial charge in [0.05, 0.1) is 0 Å². The van der Waals surface area contributed by atoms with E-state index in [-0.39, 0.29) is 0 Å². The predicted molar refractivity (Wildman–Crippen MR) is 187 cm³/mol. The van der Waals surface area contributed by atoms with Crippen molar-refractivity contribution >= 4 is 43.1 Å². The fourth-order valence-electron chi connectivity index (χ4n) is 6.85. The van der Waals surface area contributed by atoms with Gasteiger partial charge in [-0.1, -0.05) is 141 Å². The second kappa shape index (κ2) is 10.3. The van der Waals surface area contributed by atoms with E-state index in [2.05, 4.69) is 166 Å². The Labute approximate surface area is 252 Å². The molecule has 0 nitrogen and oxygen atoms in total. The lowest BCUT2D eigenvalue weighted by Crippen LogP contribution is -1.91. The molecule has 0 aromatic heterocycles. The molecule has 0 amide bonds. The summed E-state index contributed by atoms with van der Waals surface area (Å²) in [6, 6.07) is 56.0. The second-order valence-corrected chi connectivity index (χ2v) is 12.0. The van der Waals surface area contributed by atoms with Crippen molar-refractivity contribution in [2.45, 2.75) is 19.8 Å². The Morgan fingerprint density at radius 1 is 0.349 bits per heavy atom. The zero-order valence-electron chi connectivity index (χ0n) is 24.5. The number of fused-ring (bicyclic) bond motifs is 5. The van der Waals surface area contributed by atoms with Gasteiger partial charge in [-0.05, 0) is 112 Å². The highest BCUT2D eigenvalue weighted by Gasteiger charge is 2.14. The number of hydrogen-bond acceptors (Lipinski definition) is 0. The Balaban J connectivity index is 1.31. The maximum Gasteiger partial charge on any atom is -0.00264 e. The Kier molecular flexibility index (Phi) is 6.09. The molecule has 0 aliphatic rings. The standard InChI is InChI=1S/C43H32/c1-28(2)37-18-8-14-33-26-35(22-23-38(33)37)39-19-9-15-36-27-42(40-16-5-6-17-41(40)43(36)39)34-13-7-12-31(25-34)32-21-20-29-10-3-4-11-30(29)24-32/h3-28H,1-2H3. The van der Waals surface area contributed by atoms with Crippen molar-refractivity contribution in [1.29, 1.82) is 0 Å². The molecular weight excluding hydrogens is 516 g/mol. The molecule has 0 bridgehead atoms. The van der Waals surface area contributed by atoms with Crippen LogP contribution in [0.4, 0.5) is 0 Å². The highest BCUT2D eigenvalue weighted by Crippen LogP contribution is 2.41. The van der Waals surface area contributed by atoms with Crippen LogP contribution in [-0.4, -0.2) is 0 Å². The maximum absolute atomic E-state index is 2.39. The van der Waals surface area contributed by atoms with Crippen molar-refractivity contribution in [2.75, 3.05) is 0 Å². The molecule has 0 N–H and O–H groups in total. The van der Waals surface area contributed by atoms with Crippen LogP contribution in [0.3, 0.4) is 0 Å². The van der Waals surface area contributed by atoms with Crippen LogP contribution in [0.15, 0.2) is 152 Å². The summed E-state index contributed by atoms with van der Waals surface area (Å²) in [5.41, 5.74) is 8.92. The van der Waals surface area contributed by atoms with Crippen molar-refractivity contribution in [3.63, 3.8) is 0 Å². The van der Waals surface area contributed by atoms with Gasteiger partial charge in [-0.2, -0.15) is 0 Å². The summed E-state index contributed by atoms with van der Waals surface area (Å²) in [4.78, 5) is 0. The fourth-order valence-corrected chi connectivity index (χ4v) is 6.85. The molecule has 8 rings (SSSR count). The SMILES string of the molecule is CC(C)c1cccc2cc(-c3cccc4cc(-c5cccc(-c6ccc7ccccc7c6)c5)c5ccccc5c34)ccc12. The van der Waals surface area contributed by atoms with E-state index < -0.39 is 0 Å². The zero-order valence-corrected chi connectivity index (χ0v) is 24.5. The Morgan fingerprint density at radius 3 is 1.86 bits per heavy atom. The summed E-state index contributed by atoms with van der Waals surface area (Å²) in [5.74, 6) is 0.495. The number of hydrogen-bond donors (Lipinski definition) is 0. The van der Waals surface area contributed by atoms with Gasteiger partial charge in [-0.25, -0.2) is 0 Å². The van der Waals surface area contributed by atoms with Crippen LogP contribution in [0, 0.1) is 0 Å². The first-order valence-electron chi connectivity index (χ1n) is 15.2. The third-order valence-corrected chi connectivity index (χ3v) is 8.99. The smallest absolute Gasteiger partial charge is 0.00264 e. The van der Waals surface area contributed by atoms with Gasteiger partial charge >= 0.3 is 0 Å². The quantitative estimate of drug-likeness (QED) is 0.192. The summed E-state index contributed by atoms with van der Waals surface area (Å²) in [7, 11) is 0. The fraction of sp³-hybridized carbons (Fsp3) is 0.0698. The summed E-state index contributed by atoms with van der Waals surface area (Å²) >= 11 is 0. The largest absolute Gasteiger partial charge is 0.0616 e. The monoisotopic (exact) mass is 548 g/mol. The normalized spacial score (nSPS) is 11.7. The molecule has 0 atom stereocenters. The third kappa shape index (κ3) is 4.39. The molecular formula is C43H32. The Hall–Kier alpha value is -5.20. The topological polar surface area (TPSA) is 0 Å². The summed E-state index contributed by atoms with van der Waals surface area (Å²) in [6.45, 7) is 4.54. The van der Waals surface area contributed by atoms with Gasteiger partial charge < -0.3 is 0 Å². The van der Waals surface area contributed by atoms with E-state index in [0.717, 1.165) is 0 Å². The third-order valence-electron chi connectivity index (χ3n) is 8.99. The van der Waals surface area contributed by atoms with Gasteiger partial charge in [0, 0.05) is 0 Å². The summed E-state index contributed by atoms with van der Waals surface area (Å²) in [5, 5.41) is 10.3. The molecule has 0 fully saturated rings. The van der Waals surface area contributed by atoms with E-state index >= 15 is 0 Å². The van der Waals surface area contributed by atoms with Crippen LogP contribution in [-0.2, 0) is 0 Å². The van der Waals surface area contributed by atoms with E-state index in [0.29, 0.717) is 5.92 Å². The molecule has 0 radical (unpaired) electrons. The van der Waals surface area contributed by atoms with Gasteiger partial charge in [-0.15, -0.1) is 0 Å². The van der Waals surface area contributed by atoms with E-state index in [1.807, 2.05) is 0 Å². The van der Waals surface area contributed by atoms with E-state index in [1.54, 1.807) is 0 Å². The van der Waals surface area contributed by atoms with Gasteiger partial charge in [0.25, 0.3) is 0 Å². The molecule has 43 heavy (non-hydrogen) atoms. The highest BCUT2D eigenvalue weighted by molar-refractivity contribution is 6.19. The average molecular weight is 549 g/mol. The lowest BCUT2D eigenvalue weighted by Gasteiger charge is -2.16. The highest BCUT2D eigenvalue weighted by atomic mass is 14.2. The maximum atomic E-state index is 2.39. The molecule has 0 heterocycles. The average Bonchev–Trinajstić information content (AvgIpc) is 3.06. The van der Waals surface area contributed by atoms with Crippen molar-refractivity contribution in [1.82, 2.24) is 0 Å². The van der Waals surface area contributed by atoms with E-state index in [9.17, 15) is 0 Å². The molecule has 8 aromatic carbocycles. The first-order chi connectivity index (χ1) is 21.1. The Bertz CT molecular complexity index is 2320. The molecule has 0 saturated heterocycles. The van der Waals surface area contributed by atoms with Crippen LogP contribution >= 0.6 is 0 Å². The van der Waals surface area contributed by atoms with Crippen molar-refractivity contribution in [3.05, 3.63) is 157 Å². The van der Waals surface area contributed by atoms with E-state index in [1.165, 1.54) is 82.0 Å². The molecule has 0 aliphatic heterocycles. The minimum absolute atomic E-state index is 0.495. The van der Waals surface area contributed by atoms with Crippen molar-refractivity contribution < 1.29 is 0 Å². The predicted octanol–water partition coefficient (Wildman–Crippen LogP) is 12.4. The van der Waals surface area contributed by atoms with Crippen molar-refractivity contribution in [2.24, 2.45) is 0 Å². The van der Waals surface area contributed by atoms with Crippen LogP contribution in [0.25, 0.3) is 76.5 Å². The Morgan fingerprint density at radius 2 is 0.977 bits per heavy atom. The minimum atomic E-state index is 0.495. The molecule has 0 heteroatoms. The van der Waals surface area contributed by atoms with Crippen molar-refractivity contribution in [3.8, 4) is 33.4 Å². The number of benzene rings is 8. The summed E-state index contributed by atoms with van der Waals surface area (Å²) < 4.78 is 0. The van der Waals surface area contributed by atoms with Crippen LogP contribution in [0.2, 0.25) is 0 Å². The lowest BCUT2D eigenvalue weighted by molar-refractivity contribution is 0.876. The molecule has 0 saturated carbocycles. The molecule has 204 valence electrons. The molecule has 0 spiro atoms. The first-order valence-corrected chi connectivity index (χ1v) is 15.2. The summed E-state index contributed by atoms with van der Waals surface area (Å²) in [6.07, 6.45) is 0. The van der Waals surface area contributed by atoms with Crippen LogP contribution < -0.4 is 0 Å². The first kappa shape index (κ1) is 25.5. The van der Waals surface area contributed by atoms with Gasteiger partial charge in [0.1, 0.15) is 0 Å². The lowest BCUT2D eigenvalue weighted by atomic mass is 9.87. The molecule has 0 aliphatic carbocycles. The molecule has 8 aromatic rings.